The van der Waals surface area contributed by atoms with Crippen molar-refractivity contribution in [1.82, 2.24) is 14.5 Å². The smallest absolute Gasteiger partial charge is 0.105 e. The van der Waals surface area contributed by atoms with Gasteiger partial charge in [-0.3, -0.25) is 4.90 Å². The second kappa shape index (κ2) is 7.03. The molecule has 2 heterocycles. The molecule has 118 valence electrons. The lowest BCUT2D eigenvalue weighted by atomic mass is 9.96. The summed E-state index contributed by atoms with van der Waals surface area (Å²) in [4.78, 5) is 6.79. The van der Waals surface area contributed by atoms with Crippen molar-refractivity contribution in [2.45, 2.75) is 32.9 Å². The molecule has 1 aliphatic rings. The number of nitrogens with zero attached hydrogens (tertiary/aromatic N) is 3. The molecule has 2 aromatic rings. The lowest BCUT2D eigenvalue weighted by Gasteiger charge is -2.32. The first-order valence-electron chi connectivity index (χ1n) is 7.76. The van der Waals surface area contributed by atoms with E-state index in [0.29, 0.717) is 10.0 Å². The van der Waals surface area contributed by atoms with Gasteiger partial charge in [0.15, 0.2) is 0 Å². The van der Waals surface area contributed by atoms with E-state index < -0.39 is 0 Å². The molecule has 1 aromatic carbocycles. The standard InChI is InChI=1S/C17H21Cl2N3/c1-13-20-6-9-22(13)12-14-4-7-21(8-5-14)11-15-2-3-16(18)17(19)10-15/h2-3,6,9-10,14H,4-5,7-8,11-12H2,1H3. The molecule has 3 rings (SSSR count). The molecule has 3 nitrogen and oxygen atoms in total. The maximum atomic E-state index is 6.09. The number of hydrogen-bond donors (Lipinski definition) is 0. The summed E-state index contributed by atoms with van der Waals surface area (Å²) in [6, 6.07) is 5.92. The maximum absolute atomic E-state index is 6.09. The Labute approximate surface area is 141 Å². The van der Waals surface area contributed by atoms with Crippen LogP contribution in [0.15, 0.2) is 30.6 Å². The minimum absolute atomic E-state index is 0.625. The lowest BCUT2D eigenvalue weighted by Crippen LogP contribution is -2.34. The quantitative estimate of drug-likeness (QED) is 0.823. The third-order valence-corrected chi connectivity index (χ3v) is 5.21. The van der Waals surface area contributed by atoms with E-state index in [1.807, 2.05) is 18.3 Å². The Kier molecular flexibility index (Phi) is 5.07. The molecule has 0 aliphatic carbocycles. The average molecular weight is 338 g/mol. The van der Waals surface area contributed by atoms with Gasteiger partial charge >= 0.3 is 0 Å². The molecule has 0 N–H and O–H groups in total. The fourth-order valence-electron chi connectivity index (χ4n) is 3.10. The van der Waals surface area contributed by atoms with Crippen LogP contribution in [0.4, 0.5) is 0 Å². The van der Waals surface area contributed by atoms with Crippen LogP contribution >= 0.6 is 23.2 Å². The maximum Gasteiger partial charge on any atom is 0.105 e. The van der Waals surface area contributed by atoms with Crippen LogP contribution in [-0.4, -0.2) is 27.5 Å². The molecular weight excluding hydrogens is 317 g/mol. The third-order valence-electron chi connectivity index (χ3n) is 4.48. The highest BCUT2D eigenvalue weighted by atomic mass is 35.5. The Morgan fingerprint density at radius 3 is 2.59 bits per heavy atom. The van der Waals surface area contributed by atoms with E-state index in [9.17, 15) is 0 Å². The van der Waals surface area contributed by atoms with Gasteiger partial charge in [-0.25, -0.2) is 4.98 Å². The zero-order valence-corrected chi connectivity index (χ0v) is 14.3. The fourth-order valence-corrected chi connectivity index (χ4v) is 3.42. The monoisotopic (exact) mass is 337 g/mol. The van der Waals surface area contributed by atoms with Crippen LogP contribution in [-0.2, 0) is 13.1 Å². The van der Waals surface area contributed by atoms with Crippen LogP contribution in [0, 0.1) is 12.8 Å². The Morgan fingerprint density at radius 2 is 1.95 bits per heavy atom. The molecule has 1 aromatic heterocycles. The normalized spacial score (nSPS) is 17.0. The lowest BCUT2D eigenvalue weighted by molar-refractivity contribution is 0.166. The minimum Gasteiger partial charge on any atom is -0.335 e. The van der Waals surface area contributed by atoms with Crippen LogP contribution in [0.1, 0.15) is 24.2 Å². The average Bonchev–Trinajstić information content (AvgIpc) is 2.90. The molecule has 1 fully saturated rings. The Bertz CT molecular complexity index is 631. The van der Waals surface area contributed by atoms with E-state index in [2.05, 4.69) is 33.6 Å². The number of likely N-dealkylation sites (tertiary alicyclic amines) is 1. The van der Waals surface area contributed by atoms with Crippen molar-refractivity contribution in [3.05, 3.63) is 52.0 Å². The number of aromatic nitrogens is 2. The van der Waals surface area contributed by atoms with Crippen LogP contribution in [0.25, 0.3) is 0 Å². The summed E-state index contributed by atoms with van der Waals surface area (Å²) in [5.74, 6) is 1.86. The number of rotatable bonds is 4. The fraction of sp³-hybridized carbons (Fsp3) is 0.471. The predicted octanol–water partition coefficient (Wildman–Crippen LogP) is 4.41. The highest BCUT2D eigenvalue weighted by molar-refractivity contribution is 6.42. The van der Waals surface area contributed by atoms with E-state index in [1.54, 1.807) is 0 Å². The zero-order valence-electron chi connectivity index (χ0n) is 12.8. The summed E-state index contributed by atoms with van der Waals surface area (Å²) < 4.78 is 2.26. The van der Waals surface area contributed by atoms with Crippen LogP contribution in [0.3, 0.4) is 0 Å². The largest absolute Gasteiger partial charge is 0.335 e. The number of imidazole rings is 1. The molecule has 0 saturated carbocycles. The van der Waals surface area contributed by atoms with Crippen LogP contribution in [0.5, 0.6) is 0 Å². The number of piperidine rings is 1. The Morgan fingerprint density at radius 1 is 1.18 bits per heavy atom. The highest BCUT2D eigenvalue weighted by Crippen LogP contribution is 2.25. The summed E-state index contributed by atoms with van der Waals surface area (Å²) in [6.07, 6.45) is 6.43. The molecule has 0 radical (unpaired) electrons. The van der Waals surface area contributed by atoms with Gasteiger partial charge in [0.2, 0.25) is 0 Å². The molecule has 5 heteroatoms. The Balaban J connectivity index is 1.51. The van der Waals surface area contributed by atoms with Crippen molar-refractivity contribution in [2.75, 3.05) is 13.1 Å². The molecule has 0 amide bonds. The van der Waals surface area contributed by atoms with Gasteiger partial charge in [-0.1, -0.05) is 29.3 Å². The first-order valence-corrected chi connectivity index (χ1v) is 8.51. The SMILES string of the molecule is Cc1nccn1CC1CCN(Cc2ccc(Cl)c(Cl)c2)CC1. The van der Waals surface area contributed by atoms with Gasteiger partial charge in [-0.2, -0.15) is 0 Å². The van der Waals surface area contributed by atoms with Gasteiger partial charge in [0.05, 0.1) is 10.0 Å². The molecular formula is C17H21Cl2N3. The minimum atomic E-state index is 0.625. The molecule has 0 atom stereocenters. The first kappa shape index (κ1) is 15.9. The van der Waals surface area contributed by atoms with Crippen molar-refractivity contribution in [1.29, 1.82) is 0 Å². The summed E-state index contributed by atoms with van der Waals surface area (Å²) in [6.45, 7) is 6.39. The van der Waals surface area contributed by atoms with Gasteiger partial charge in [0, 0.05) is 25.5 Å². The van der Waals surface area contributed by atoms with E-state index in [1.165, 1.54) is 18.4 Å². The van der Waals surface area contributed by atoms with Crippen molar-refractivity contribution < 1.29 is 0 Å². The van der Waals surface area contributed by atoms with Crippen LogP contribution in [0.2, 0.25) is 10.0 Å². The Hall–Kier alpha value is -1.03. The van der Waals surface area contributed by atoms with E-state index in [4.69, 9.17) is 23.2 Å². The topological polar surface area (TPSA) is 21.1 Å². The van der Waals surface area contributed by atoms with E-state index in [-0.39, 0.29) is 0 Å². The molecule has 1 saturated heterocycles. The van der Waals surface area contributed by atoms with Crippen molar-refractivity contribution >= 4 is 23.2 Å². The predicted molar refractivity (Wildman–Crippen MR) is 91.4 cm³/mol. The van der Waals surface area contributed by atoms with Crippen LogP contribution < -0.4 is 0 Å². The highest BCUT2D eigenvalue weighted by Gasteiger charge is 2.20. The summed E-state index contributed by atoms with van der Waals surface area (Å²) >= 11 is 12.1. The number of benzene rings is 1. The summed E-state index contributed by atoms with van der Waals surface area (Å²) in [5.41, 5.74) is 1.23. The van der Waals surface area contributed by atoms with Gasteiger partial charge in [0.1, 0.15) is 5.82 Å². The summed E-state index contributed by atoms with van der Waals surface area (Å²) in [7, 11) is 0. The molecule has 22 heavy (non-hydrogen) atoms. The van der Waals surface area contributed by atoms with Crippen molar-refractivity contribution in [3.8, 4) is 0 Å². The second-order valence-corrected chi connectivity index (χ2v) is 6.91. The molecule has 1 aliphatic heterocycles. The summed E-state index contributed by atoms with van der Waals surface area (Å²) in [5, 5.41) is 1.27. The van der Waals surface area contributed by atoms with Gasteiger partial charge in [-0.15, -0.1) is 0 Å². The first-order chi connectivity index (χ1) is 10.6. The molecule has 0 spiro atoms. The van der Waals surface area contributed by atoms with Crippen molar-refractivity contribution in [2.24, 2.45) is 5.92 Å². The second-order valence-electron chi connectivity index (χ2n) is 6.09. The zero-order chi connectivity index (χ0) is 15.5. The number of aryl methyl sites for hydroxylation is 1. The third kappa shape index (κ3) is 3.83. The number of halogens is 2. The number of hydrogen-bond acceptors (Lipinski definition) is 2. The van der Waals surface area contributed by atoms with E-state index >= 15 is 0 Å². The van der Waals surface area contributed by atoms with E-state index in [0.717, 1.165) is 37.9 Å². The molecule has 0 bridgehead atoms. The van der Waals surface area contributed by atoms with Crippen molar-refractivity contribution in [3.63, 3.8) is 0 Å². The van der Waals surface area contributed by atoms with Gasteiger partial charge < -0.3 is 4.57 Å². The van der Waals surface area contributed by atoms with Gasteiger partial charge in [0.25, 0.3) is 0 Å². The molecule has 0 unspecified atom stereocenters. The van der Waals surface area contributed by atoms with Gasteiger partial charge in [-0.05, 0) is 56.5 Å².